The van der Waals surface area contributed by atoms with Crippen LogP contribution >= 0.6 is 0 Å². The minimum absolute atomic E-state index is 0.0660. The van der Waals surface area contributed by atoms with Gasteiger partial charge in [0.1, 0.15) is 13.2 Å². The largest absolute Gasteiger partial charge is 0.462 e. The number of rotatable bonds is 59. The van der Waals surface area contributed by atoms with Gasteiger partial charge in [0, 0.05) is 19.3 Å². The van der Waals surface area contributed by atoms with Crippen LogP contribution in [-0.4, -0.2) is 37.2 Å². The van der Waals surface area contributed by atoms with E-state index in [2.05, 4.69) is 32.9 Å². The average molecular weight is 988 g/mol. The van der Waals surface area contributed by atoms with Crippen LogP contribution in [0.25, 0.3) is 0 Å². The Kier molecular flexibility index (Phi) is 58.1. The highest BCUT2D eigenvalue weighted by Gasteiger charge is 2.19. The molecule has 70 heavy (non-hydrogen) atoms. The molecular formula is C64H122O6. The molecule has 0 bridgehead atoms. The van der Waals surface area contributed by atoms with E-state index in [1.807, 2.05) is 0 Å². The number of esters is 3. The zero-order chi connectivity index (χ0) is 50.7. The normalized spacial score (nSPS) is 12.0. The van der Waals surface area contributed by atoms with Gasteiger partial charge in [-0.2, -0.15) is 0 Å². The Bertz CT molecular complexity index is 1090. The van der Waals surface area contributed by atoms with Gasteiger partial charge in [0.25, 0.3) is 0 Å². The minimum atomic E-state index is -0.768. The first kappa shape index (κ1) is 68.2. The Balaban J connectivity index is 4.30. The van der Waals surface area contributed by atoms with E-state index in [9.17, 15) is 14.4 Å². The fraction of sp³-hybridized carbons (Fsp3) is 0.922. The summed E-state index contributed by atoms with van der Waals surface area (Å²) >= 11 is 0. The monoisotopic (exact) mass is 987 g/mol. The van der Waals surface area contributed by atoms with Crippen molar-refractivity contribution >= 4 is 17.9 Å². The summed E-state index contributed by atoms with van der Waals surface area (Å²) in [5.74, 6) is -0.844. The van der Waals surface area contributed by atoms with Gasteiger partial charge in [0.15, 0.2) is 6.10 Å². The highest BCUT2D eigenvalue weighted by Crippen LogP contribution is 2.18. The summed E-state index contributed by atoms with van der Waals surface area (Å²) in [6.45, 7) is 6.71. The second-order valence-electron chi connectivity index (χ2n) is 21.7. The van der Waals surface area contributed by atoms with E-state index in [1.165, 1.54) is 257 Å². The number of carbonyl (C=O) groups is 3. The molecule has 0 saturated carbocycles. The van der Waals surface area contributed by atoms with Gasteiger partial charge in [0.2, 0.25) is 0 Å². The van der Waals surface area contributed by atoms with Crippen LogP contribution in [0.5, 0.6) is 0 Å². The Labute approximate surface area is 437 Å². The molecule has 0 fully saturated rings. The van der Waals surface area contributed by atoms with Crippen molar-refractivity contribution in [3.05, 3.63) is 12.2 Å². The second kappa shape index (κ2) is 59.7. The molecule has 0 rings (SSSR count). The van der Waals surface area contributed by atoms with Crippen molar-refractivity contribution in [1.29, 1.82) is 0 Å². The first-order valence-corrected chi connectivity index (χ1v) is 31.7. The van der Waals surface area contributed by atoms with E-state index in [4.69, 9.17) is 14.2 Å². The zero-order valence-electron chi connectivity index (χ0n) is 47.6. The Hall–Kier alpha value is -1.85. The van der Waals surface area contributed by atoms with Crippen LogP contribution in [0.4, 0.5) is 0 Å². The molecule has 414 valence electrons. The lowest BCUT2D eigenvalue weighted by Gasteiger charge is -2.18. The first-order chi connectivity index (χ1) is 34.5. The summed E-state index contributed by atoms with van der Waals surface area (Å²) < 4.78 is 16.9. The number of hydrogen-bond donors (Lipinski definition) is 0. The van der Waals surface area contributed by atoms with Crippen LogP contribution in [-0.2, 0) is 28.6 Å². The Morgan fingerprint density at radius 2 is 0.471 bits per heavy atom. The van der Waals surface area contributed by atoms with Gasteiger partial charge >= 0.3 is 17.9 Å². The van der Waals surface area contributed by atoms with Crippen LogP contribution in [0.2, 0.25) is 0 Å². The number of hydrogen-bond acceptors (Lipinski definition) is 6. The molecule has 0 spiro atoms. The maximum Gasteiger partial charge on any atom is 0.306 e. The molecule has 0 aliphatic rings. The number of carbonyl (C=O) groups excluding carboxylic acids is 3. The summed E-state index contributed by atoms with van der Waals surface area (Å²) in [7, 11) is 0. The number of ether oxygens (including phenoxy) is 3. The molecule has 0 aliphatic heterocycles. The summed E-state index contributed by atoms with van der Waals surface area (Å²) in [6, 6.07) is 0. The van der Waals surface area contributed by atoms with Crippen LogP contribution in [0.1, 0.15) is 361 Å². The van der Waals surface area contributed by atoms with Crippen molar-refractivity contribution < 1.29 is 28.6 Å². The molecule has 0 heterocycles. The Morgan fingerprint density at radius 3 is 0.714 bits per heavy atom. The second-order valence-corrected chi connectivity index (χ2v) is 21.7. The van der Waals surface area contributed by atoms with Crippen LogP contribution < -0.4 is 0 Å². The van der Waals surface area contributed by atoms with Crippen molar-refractivity contribution in [2.24, 2.45) is 0 Å². The fourth-order valence-electron chi connectivity index (χ4n) is 9.74. The van der Waals surface area contributed by atoms with Gasteiger partial charge in [-0.05, 0) is 44.9 Å². The highest BCUT2D eigenvalue weighted by molar-refractivity contribution is 5.71. The molecule has 0 aliphatic carbocycles. The molecule has 0 aromatic heterocycles. The van der Waals surface area contributed by atoms with E-state index in [0.29, 0.717) is 19.3 Å². The molecule has 0 N–H and O–H groups in total. The van der Waals surface area contributed by atoms with Crippen molar-refractivity contribution in [1.82, 2.24) is 0 Å². The third-order valence-corrected chi connectivity index (χ3v) is 14.5. The van der Waals surface area contributed by atoms with Gasteiger partial charge in [0.05, 0.1) is 0 Å². The molecule has 0 amide bonds. The lowest BCUT2D eigenvalue weighted by atomic mass is 10.0. The predicted molar refractivity (Wildman–Crippen MR) is 303 cm³/mol. The summed E-state index contributed by atoms with van der Waals surface area (Å²) in [5.41, 5.74) is 0. The van der Waals surface area contributed by atoms with Crippen molar-refractivity contribution in [3.8, 4) is 0 Å². The third kappa shape index (κ3) is 57.1. The number of unbranched alkanes of at least 4 members (excludes halogenated alkanes) is 46. The van der Waals surface area contributed by atoms with E-state index >= 15 is 0 Å². The maximum atomic E-state index is 12.9. The molecule has 1 atom stereocenters. The molecule has 0 unspecified atom stereocenters. The van der Waals surface area contributed by atoms with E-state index < -0.39 is 6.10 Å². The standard InChI is InChI=1S/C64H122O6/c1-4-7-10-13-16-19-22-25-28-30-32-34-36-39-42-45-48-51-54-57-63(66)69-60-61(59-68-62(65)56-53-50-47-44-41-38-35-27-24-21-18-15-12-9-6-3)70-64(67)58-55-52-49-46-43-40-37-33-31-29-26-23-20-17-14-11-8-5-2/h27,35,61H,4-26,28-34,36-60H2,1-3H3/b35-27-/t61-/m1/s1. The topological polar surface area (TPSA) is 78.9 Å². The Morgan fingerprint density at radius 1 is 0.271 bits per heavy atom. The third-order valence-electron chi connectivity index (χ3n) is 14.5. The minimum Gasteiger partial charge on any atom is -0.462 e. The summed E-state index contributed by atoms with van der Waals surface area (Å²) in [6.07, 6.45) is 69.3. The summed E-state index contributed by atoms with van der Waals surface area (Å²) in [4.78, 5) is 38.3. The van der Waals surface area contributed by atoms with Crippen molar-refractivity contribution in [2.75, 3.05) is 13.2 Å². The van der Waals surface area contributed by atoms with Crippen molar-refractivity contribution in [3.63, 3.8) is 0 Å². The van der Waals surface area contributed by atoms with Crippen LogP contribution in [0, 0.1) is 0 Å². The quantitative estimate of drug-likeness (QED) is 0.0261. The lowest BCUT2D eigenvalue weighted by Crippen LogP contribution is -2.30. The smallest absolute Gasteiger partial charge is 0.306 e. The fourth-order valence-corrected chi connectivity index (χ4v) is 9.74. The molecule has 6 heteroatoms. The van der Waals surface area contributed by atoms with Crippen LogP contribution in [0.15, 0.2) is 12.2 Å². The highest BCUT2D eigenvalue weighted by atomic mass is 16.6. The molecule has 0 radical (unpaired) electrons. The van der Waals surface area contributed by atoms with Gasteiger partial charge in [-0.15, -0.1) is 0 Å². The molecule has 0 aromatic carbocycles. The van der Waals surface area contributed by atoms with E-state index in [1.54, 1.807) is 0 Å². The molecule has 0 aromatic rings. The molecule has 6 nitrogen and oxygen atoms in total. The lowest BCUT2D eigenvalue weighted by molar-refractivity contribution is -0.167. The van der Waals surface area contributed by atoms with Gasteiger partial charge < -0.3 is 14.2 Å². The maximum absolute atomic E-state index is 12.9. The average Bonchev–Trinajstić information content (AvgIpc) is 3.36. The van der Waals surface area contributed by atoms with E-state index in [0.717, 1.165) is 64.2 Å². The van der Waals surface area contributed by atoms with Gasteiger partial charge in [-0.1, -0.05) is 309 Å². The number of allylic oxidation sites excluding steroid dienone is 2. The summed E-state index contributed by atoms with van der Waals surface area (Å²) in [5, 5.41) is 0. The predicted octanol–water partition coefficient (Wildman–Crippen LogP) is 21.3. The first-order valence-electron chi connectivity index (χ1n) is 31.7. The SMILES string of the molecule is CCCCCCCC/C=C\CCCCCCCC(=O)OC[C@H](COC(=O)CCCCCCCCCCCCCCCCCCCCC)OC(=O)CCCCCCCCCCCCCCCCCCCC. The molecular weight excluding hydrogens is 865 g/mol. The molecule has 0 saturated heterocycles. The van der Waals surface area contributed by atoms with Gasteiger partial charge in [-0.25, -0.2) is 0 Å². The zero-order valence-corrected chi connectivity index (χ0v) is 47.6. The van der Waals surface area contributed by atoms with Crippen molar-refractivity contribution in [2.45, 2.75) is 367 Å². The van der Waals surface area contributed by atoms with Gasteiger partial charge in [-0.3, -0.25) is 14.4 Å². The van der Waals surface area contributed by atoms with Crippen LogP contribution in [0.3, 0.4) is 0 Å². The van der Waals surface area contributed by atoms with E-state index in [-0.39, 0.29) is 31.1 Å².